The van der Waals surface area contributed by atoms with Gasteiger partial charge in [-0.25, -0.2) is 9.37 Å². The molecule has 7 heteroatoms. The number of amides is 1. The number of hydrogen-bond acceptors (Lipinski definition) is 5. The summed E-state index contributed by atoms with van der Waals surface area (Å²) in [6.45, 7) is 8.68. The number of pyridine rings is 1. The summed E-state index contributed by atoms with van der Waals surface area (Å²) in [5.74, 6) is 0.493. The zero-order chi connectivity index (χ0) is 20.3. The maximum Gasteiger partial charge on any atom is 0.256 e. The molecule has 1 aliphatic rings. The van der Waals surface area contributed by atoms with Gasteiger partial charge in [-0.1, -0.05) is 19.9 Å². The maximum absolute atomic E-state index is 14.2. The van der Waals surface area contributed by atoms with Gasteiger partial charge in [-0.3, -0.25) is 4.79 Å². The van der Waals surface area contributed by atoms with Crippen LogP contribution >= 0.6 is 0 Å². The molecule has 1 aromatic carbocycles. The number of fused-ring (bicyclic) bond motifs is 1. The average molecular weight is 388 g/mol. The Morgan fingerprint density at radius 2 is 2.04 bits per heavy atom. The van der Waals surface area contributed by atoms with Gasteiger partial charge in [0.1, 0.15) is 11.6 Å². The van der Waals surface area contributed by atoms with Gasteiger partial charge in [0, 0.05) is 24.5 Å². The van der Waals surface area contributed by atoms with Gasteiger partial charge in [-0.15, -0.1) is 0 Å². The smallest absolute Gasteiger partial charge is 0.256 e. The molecule has 0 aliphatic carbocycles. The minimum absolute atomic E-state index is 0.331. The summed E-state index contributed by atoms with van der Waals surface area (Å²) in [5, 5.41) is 6.64. The van der Waals surface area contributed by atoms with Crippen LogP contribution in [0.2, 0.25) is 0 Å². The second-order valence-corrected chi connectivity index (χ2v) is 7.99. The van der Waals surface area contributed by atoms with E-state index >= 15 is 0 Å². The van der Waals surface area contributed by atoms with Crippen molar-refractivity contribution < 1.29 is 9.18 Å². The minimum Gasteiger partial charge on any atom is -0.356 e. The van der Waals surface area contributed by atoms with Gasteiger partial charge in [0.2, 0.25) is 0 Å². The van der Waals surface area contributed by atoms with Crippen LogP contribution in [-0.2, 0) is 0 Å². The fourth-order valence-corrected chi connectivity index (χ4v) is 3.54. The van der Waals surface area contributed by atoms with E-state index in [1.807, 2.05) is 0 Å². The first kappa shape index (κ1) is 20.5. The van der Waals surface area contributed by atoms with Crippen molar-refractivity contribution in [2.45, 2.75) is 45.8 Å². The largest absolute Gasteiger partial charge is 0.356 e. The summed E-state index contributed by atoms with van der Waals surface area (Å²) in [6, 6.07) is 6.85. The van der Waals surface area contributed by atoms with Crippen molar-refractivity contribution in [2.24, 2.45) is 11.7 Å². The number of hydrogen-bond donors (Lipinski definition) is 3. The standard InChI is InChI=1S/C21H30FN5O/c1-13(2)12-24-15-7-9-27(10-8-15)20-17(21(28)25-14(3)23)11-16-18(22)5-4-6-19(16)26-20/h4-6,11,13-15,24H,7-10,12,23H2,1-3H3,(H,25,28). The number of halogens is 1. The third kappa shape index (κ3) is 4.77. The highest BCUT2D eigenvalue weighted by Crippen LogP contribution is 2.27. The Kier molecular flexibility index (Phi) is 6.46. The fraction of sp³-hybridized carbons (Fsp3) is 0.524. The Labute approximate surface area is 165 Å². The van der Waals surface area contributed by atoms with Crippen LogP contribution in [0.25, 0.3) is 10.9 Å². The summed E-state index contributed by atoms with van der Waals surface area (Å²) in [6.07, 6.45) is 1.45. The second-order valence-electron chi connectivity index (χ2n) is 7.99. The highest BCUT2D eigenvalue weighted by atomic mass is 19.1. The van der Waals surface area contributed by atoms with E-state index in [0.717, 1.165) is 32.5 Å². The zero-order valence-corrected chi connectivity index (χ0v) is 16.8. The molecule has 28 heavy (non-hydrogen) atoms. The van der Waals surface area contributed by atoms with E-state index in [4.69, 9.17) is 5.73 Å². The van der Waals surface area contributed by atoms with E-state index < -0.39 is 6.17 Å². The Morgan fingerprint density at radius 3 is 2.68 bits per heavy atom. The van der Waals surface area contributed by atoms with E-state index in [2.05, 4.69) is 34.4 Å². The molecule has 0 saturated carbocycles. The van der Waals surface area contributed by atoms with E-state index in [9.17, 15) is 9.18 Å². The summed E-state index contributed by atoms with van der Waals surface area (Å²) >= 11 is 0. The molecular weight excluding hydrogens is 357 g/mol. The van der Waals surface area contributed by atoms with Crippen molar-refractivity contribution >= 4 is 22.6 Å². The van der Waals surface area contributed by atoms with Crippen LogP contribution in [0.3, 0.4) is 0 Å². The van der Waals surface area contributed by atoms with E-state index in [-0.39, 0.29) is 11.7 Å². The number of benzene rings is 1. The van der Waals surface area contributed by atoms with Gasteiger partial charge in [-0.2, -0.15) is 0 Å². The molecular formula is C21H30FN5O. The molecule has 152 valence electrons. The number of nitrogens with one attached hydrogen (secondary N) is 2. The monoisotopic (exact) mass is 387 g/mol. The number of piperidine rings is 1. The van der Waals surface area contributed by atoms with Gasteiger partial charge in [0.15, 0.2) is 0 Å². The molecule has 1 amide bonds. The molecule has 3 rings (SSSR count). The van der Waals surface area contributed by atoms with Gasteiger partial charge in [-0.05, 0) is 50.4 Å². The van der Waals surface area contributed by atoms with E-state index in [0.29, 0.717) is 34.2 Å². The van der Waals surface area contributed by atoms with Gasteiger partial charge in [0.25, 0.3) is 5.91 Å². The number of nitrogens with two attached hydrogens (primary N) is 1. The summed E-state index contributed by atoms with van der Waals surface area (Å²) in [5.41, 5.74) is 6.64. The van der Waals surface area contributed by atoms with Crippen molar-refractivity contribution in [3.63, 3.8) is 0 Å². The third-order valence-corrected chi connectivity index (χ3v) is 5.00. The van der Waals surface area contributed by atoms with Gasteiger partial charge >= 0.3 is 0 Å². The van der Waals surface area contributed by atoms with Crippen LogP contribution < -0.4 is 21.3 Å². The second kappa shape index (κ2) is 8.84. The molecule has 1 aliphatic heterocycles. The highest BCUT2D eigenvalue weighted by Gasteiger charge is 2.25. The van der Waals surface area contributed by atoms with E-state index in [1.54, 1.807) is 25.1 Å². The number of nitrogens with zero attached hydrogens (tertiary/aromatic N) is 2. The first-order valence-electron chi connectivity index (χ1n) is 9.99. The first-order chi connectivity index (χ1) is 13.3. The number of carbonyl (C=O) groups is 1. The molecule has 1 unspecified atom stereocenters. The molecule has 6 nitrogen and oxygen atoms in total. The van der Waals surface area contributed by atoms with Crippen LogP contribution in [0, 0.1) is 11.7 Å². The molecule has 0 bridgehead atoms. The normalized spacial score (nSPS) is 16.6. The lowest BCUT2D eigenvalue weighted by atomic mass is 10.0. The Hall–Kier alpha value is -2.25. The molecule has 1 saturated heterocycles. The highest BCUT2D eigenvalue weighted by molar-refractivity contribution is 6.02. The number of aromatic nitrogens is 1. The zero-order valence-electron chi connectivity index (χ0n) is 16.8. The van der Waals surface area contributed by atoms with Crippen LogP contribution in [-0.4, -0.2) is 42.7 Å². The quantitative estimate of drug-likeness (QED) is 0.664. The van der Waals surface area contributed by atoms with Crippen LogP contribution in [0.15, 0.2) is 24.3 Å². The number of anilines is 1. The maximum atomic E-state index is 14.2. The van der Waals surface area contributed by atoms with Gasteiger partial charge in [0.05, 0.1) is 17.2 Å². The van der Waals surface area contributed by atoms with Gasteiger partial charge < -0.3 is 21.3 Å². The minimum atomic E-state index is -0.498. The molecule has 0 spiro atoms. The Balaban J connectivity index is 1.88. The fourth-order valence-electron chi connectivity index (χ4n) is 3.54. The van der Waals surface area contributed by atoms with Crippen LogP contribution in [0.5, 0.6) is 0 Å². The molecule has 1 aromatic heterocycles. The molecule has 2 heterocycles. The lowest BCUT2D eigenvalue weighted by Gasteiger charge is -2.34. The number of rotatable bonds is 6. The predicted octanol–water partition coefficient (Wildman–Crippen LogP) is 2.62. The molecule has 1 fully saturated rings. The van der Waals surface area contributed by atoms with Crippen molar-refractivity contribution in [3.8, 4) is 0 Å². The van der Waals surface area contributed by atoms with E-state index in [1.165, 1.54) is 6.07 Å². The lowest BCUT2D eigenvalue weighted by Crippen LogP contribution is -2.45. The predicted molar refractivity (Wildman–Crippen MR) is 111 cm³/mol. The summed E-state index contributed by atoms with van der Waals surface area (Å²) in [4.78, 5) is 19.5. The van der Waals surface area contributed by atoms with Crippen LogP contribution in [0.4, 0.5) is 10.2 Å². The third-order valence-electron chi connectivity index (χ3n) is 5.00. The molecule has 0 radical (unpaired) electrons. The SMILES string of the molecule is CC(C)CNC1CCN(c2nc3cccc(F)c3cc2C(=O)NC(C)N)CC1. The molecule has 4 N–H and O–H groups in total. The molecule has 2 aromatic rings. The summed E-state index contributed by atoms with van der Waals surface area (Å²) in [7, 11) is 0. The summed E-state index contributed by atoms with van der Waals surface area (Å²) < 4.78 is 14.2. The van der Waals surface area contributed by atoms with Crippen molar-refractivity contribution in [1.29, 1.82) is 0 Å². The molecule has 1 atom stereocenters. The number of carbonyl (C=O) groups excluding carboxylic acids is 1. The Bertz CT molecular complexity index is 831. The average Bonchev–Trinajstić information content (AvgIpc) is 2.65. The lowest BCUT2D eigenvalue weighted by molar-refractivity contribution is 0.0941. The van der Waals surface area contributed by atoms with Crippen molar-refractivity contribution in [1.82, 2.24) is 15.6 Å². The first-order valence-corrected chi connectivity index (χ1v) is 9.99. The van der Waals surface area contributed by atoms with Crippen molar-refractivity contribution in [3.05, 3.63) is 35.6 Å². The topological polar surface area (TPSA) is 83.3 Å². The Morgan fingerprint density at radius 1 is 1.32 bits per heavy atom. The van der Waals surface area contributed by atoms with Crippen molar-refractivity contribution in [2.75, 3.05) is 24.5 Å². The van der Waals surface area contributed by atoms with Crippen LogP contribution in [0.1, 0.15) is 44.0 Å².